The number of fused-ring (bicyclic) bond motifs is 2. The maximum absolute atomic E-state index is 11.6. The molecule has 0 saturated carbocycles. The number of hydrogen-bond acceptors (Lipinski definition) is 4. The highest BCUT2D eigenvalue weighted by Crippen LogP contribution is 2.51. The second-order valence-corrected chi connectivity index (χ2v) is 6.34. The van der Waals surface area contributed by atoms with E-state index in [-0.39, 0.29) is 11.5 Å². The summed E-state index contributed by atoms with van der Waals surface area (Å²) in [6, 6.07) is 10.7. The molecule has 1 aromatic rings. The van der Waals surface area contributed by atoms with Crippen molar-refractivity contribution in [1.29, 1.82) is 0 Å². The molecule has 0 amide bonds. The topological polar surface area (TPSA) is 44.4 Å². The van der Waals surface area contributed by atoms with Crippen LogP contribution in [0.4, 0.5) is 0 Å². The Morgan fingerprint density at radius 1 is 1.24 bits per heavy atom. The van der Waals surface area contributed by atoms with Crippen LogP contribution in [0.3, 0.4) is 0 Å². The second kappa shape index (κ2) is 4.97. The monoisotopic (exact) mass is 283 g/mol. The van der Waals surface area contributed by atoms with Gasteiger partial charge in [0.15, 0.2) is 0 Å². The first-order valence-corrected chi connectivity index (χ1v) is 7.83. The molecule has 3 aliphatic heterocycles. The van der Waals surface area contributed by atoms with Crippen molar-refractivity contribution >= 4 is 12.4 Å². The van der Waals surface area contributed by atoms with Crippen molar-refractivity contribution in [2.75, 3.05) is 13.1 Å². The first-order chi connectivity index (χ1) is 10.3. The average Bonchev–Trinajstić information content (AvgIpc) is 3.19. The van der Waals surface area contributed by atoms with E-state index in [1.807, 2.05) is 6.07 Å². The van der Waals surface area contributed by atoms with Gasteiger partial charge < -0.3 is 10.2 Å². The molecule has 4 heteroatoms. The molecule has 21 heavy (non-hydrogen) atoms. The van der Waals surface area contributed by atoms with Crippen LogP contribution in [-0.2, 0) is 4.79 Å². The van der Waals surface area contributed by atoms with Crippen LogP contribution in [0.25, 0.3) is 6.08 Å². The molecule has 4 nitrogen and oxygen atoms in total. The smallest absolute Gasteiger partial charge is 0.139 e. The molecule has 3 heterocycles. The van der Waals surface area contributed by atoms with E-state index in [0.717, 1.165) is 19.3 Å². The lowest BCUT2D eigenvalue weighted by atomic mass is 9.71. The van der Waals surface area contributed by atoms with E-state index in [0.29, 0.717) is 6.04 Å². The van der Waals surface area contributed by atoms with Crippen LogP contribution >= 0.6 is 0 Å². The second-order valence-electron chi connectivity index (χ2n) is 6.34. The van der Waals surface area contributed by atoms with Crippen LogP contribution in [0.5, 0.6) is 0 Å². The Labute approximate surface area is 125 Å². The van der Waals surface area contributed by atoms with Crippen LogP contribution in [0.15, 0.2) is 36.0 Å². The molecular weight excluding hydrogens is 262 g/mol. The lowest BCUT2D eigenvalue weighted by molar-refractivity contribution is -0.111. The summed E-state index contributed by atoms with van der Waals surface area (Å²) in [5, 5.41) is 0. The molecule has 3 fully saturated rings. The van der Waals surface area contributed by atoms with E-state index in [4.69, 9.17) is 0 Å². The van der Waals surface area contributed by atoms with Crippen LogP contribution < -0.4 is 10.9 Å². The summed E-state index contributed by atoms with van der Waals surface area (Å²) in [6.07, 6.45) is 6.79. The number of carbonyl (C=O) groups is 1. The number of rotatable bonds is 2. The fraction of sp³-hybridized carbons (Fsp3) is 0.471. The van der Waals surface area contributed by atoms with Crippen LogP contribution in [-0.4, -0.2) is 36.4 Å². The van der Waals surface area contributed by atoms with Gasteiger partial charge in [0.05, 0.1) is 11.5 Å². The highest BCUT2D eigenvalue weighted by Gasteiger charge is 2.58. The normalized spacial score (nSPS) is 37.0. The number of hydrogen-bond donors (Lipinski definition) is 2. The van der Waals surface area contributed by atoms with Gasteiger partial charge in [-0.1, -0.05) is 30.3 Å². The largest absolute Gasteiger partial charge is 0.324 e. The number of hydrazine groups is 1. The quantitative estimate of drug-likeness (QED) is 0.809. The van der Waals surface area contributed by atoms with Crippen molar-refractivity contribution < 1.29 is 4.79 Å². The molecule has 1 spiro atoms. The van der Waals surface area contributed by atoms with Gasteiger partial charge in [-0.15, -0.1) is 0 Å². The van der Waals surface area contributed by atoms with Gasteiger partial charge in [0, 0.05) is 11.7 Å². The predicted octanol–water partition coefficient (Wildman–Crippen LogP) is 1.56. The summed E-state index contributed by atoms with van der Waals surface area (Å²) in [5.41, 5.74) is 8.80. The third-order valence-corrected chi connectivity index (χ3v) is 5.44. The van der Waals surface area contributed by atoms with E-state index in [1.54, 1.807) is 0 Å². The number of aldehydes is 1. The summed E-state index contributed by atoms with van der Waals surface area (Å²) >= 11 is 0. The molecule has 3 unspecified atom stereocenters. The summed E-state index contributed by atoms with van der Waals surface area (Å²) in [7, 11) is 0. The molecule has 3 saturated heterocycles. The maximum Gasteiger partial charge on any atom is 0.139 e. The Bertz CT molecular complexity index is 571. The molecule has 1 aromatic carbocycles. The summed E-state index contributed by atoms with van der Waals surface area (Å²) in [4.78, 5) is 14.2. The van der Waals surface area contributed by atoms with Gasteiger partial charge >= 0.3 is 0 Å². The van der Waals surface area contributed by atoms with Crippen molar-refractivity contribution in [2.45, 2.75) is 31.3 Å². The van der Waals surface area contributed by atoms with Crippen molar-refractivity contribution in [2.24, 2.45) is 5.41 Å². The standard InChI is InChI=1S/C17H21N3O/c21-12-15-17(8-10-20-9-4-7-16(17)20)14(18-19-15)11-13-5-2-1-3-6-13/h1-3,5-6,11-12,15-16,18-19H,4,7-10H2. The molecule has 3 atom stereocenters. The SMILES string of the molecule is O=CC1NNC(=Cc2ccccc2)C12CCN1CCCC12. The fourth-order valence-corrected chi connectivity index (χ4v) is 4.46. The van der Waals surface area contributed by atoms with Gasteiger partial charge in [-0.2, -0.15) is 0 Å². The van der Waals surface area contributed by atoms with Crippen LogP contribution in [0.2, 0.25) is 0 Å². The predicted molar refractivity (Wildman–Crippen MR) is 82.2 cm³/mol. The van der Waals surface area contributed by atoms with Crippen molar-refractivity contribution in [1.82, 2.24) is 15.8 Å². The number of benzene rings is 1. The van der Waals surface area contributed by atoms with Gasteiger partial charge in [0.1, 0.15) is 6.29 Å². The minimum Gasteiger partial charge on any atom is -0.324 e. The van der Waals surface area contributed by atoms with Gasteiger partial charge in [0.2, 0.25) is 0 Å². The Hall–Kier alpha value is -1.65. The maximum atomic E-state index is 11.6. The summed E-state index contributed by atoms with van der Waals surface area (Å²) in [6.45, 7) is 2.28. The highest BCUT2D eigenvalue weighted by atomic mass is 16.1. The van der Waals surface area contributed by atoms with Gasteiger partial charge in [0.25, 0.3) is 0 Å². The van der Waals surface area contributed by atoms with Crippen LogP contribution in [0.1, 0.15) is 24.8 Å². The molecule has 4 rings (SSSR count). The minimum atomic E-state index is -0.124. The third kappa shape index (κ3) is 1.86. The van der Waals surface area contributed by atoms with E-state index in [1.165, 1.54) is 30.6 Å². The van der Waals surface area contributed by atoms with Crippen LogP contribution in [0, 0.1) is 5.41 Å². The Morgan fingerprint density at radius 2 is 2.10 bits per heavy atom. The molecule has 110 valence electrons. The average molecular weight is 283 g/mol. The zero-order valence-corrected chi connectivity index (χ0v) is 12.1. The summed E-state index contributed by atoms with van der Waals surface area (Å²) < 4.78 is 0. The van der Waals surface area contributed by atoms with E-state index in [9.17, 15) is 4.79 Å². The third-order valence-electron chi connectivity index (χ3n) is 5.44. The highest BCUT2D eigenvalue weighted by molar-refractivity contribution is 5.66. The van der Waals surface area contributed by atoms with E-state index in [2.05, 4.69) is 46.1 Å². The molecule has 0 radical (unpaired) electrons. The van der Waals surface area contributed by atoms with E-state index < -0.39 is 0 Å². The fourth-order valence-electron chi connectivity index (χ4n) is 4.46. The van der Waals surface area contributed by atoms with Crippen molar-refractivity contribution in [3.05, 3.63) is 41.6 Å². The zero-order chi connectivity index (χ0) is 14.3. The summed E-state index contributed by atoms with van der Waals surface area (Å²) in [5.74, 6) is 0. The number of nitrogens with one attached hydrogen (secondary N) is 2. The lowest BCUT2D eigenvalue weighted by Crippen LogP contribution is -2.46. The molecule has 3 aliphatic rings. The van der Waals surface area contributed by atoms with Gasteiger partial charge in [-0.05, 0) is 44.0 Å². The first-order valence-electron chi connectivity index (χ1n) is 7.83. The zero-order valence-electron chi connectivity index (χ0n) is 12.1. The Morgan fingerprint density at radius 3 is 2.90 bits per heavy atom. The molecule has 0 aliphatic carbocycles. The minimum absolute atomic E-state index is 0.0753. The number of carbonyl (C=O) groups excluding carboxylic acids is 1. The molecule has 0 aromatic heterocycles. The first kappa shape index (κ1) is 13.0. The van der Waals surface area contributed by atoms with Crippen molar-refractivity contribution in [3.8, 4) is 0 Å². The molecular formula is C17H21N3O. The lowest BCUT2D eigenvalue weighted by Gasteiger charge is -2.34. The van der Waals surface area contributed by atoms with Gasteiger partial charge in [-0.25, -0.2) is 5.43 Å². The van der Waals surface area contributed by atoms with Gasteiger partial charge in [-0.3, -0.25) is 4.90 Å². The van der Waals surface area contributed by atoms with E-state index >= 15 is 0 Å². The van der Waals surface area contributed by atoms with Crippen molar-refractivity contribution in [3.63, 3.8) is 0 Å². The molecule has 2 N–H and O–H groups in total. The Kier molecular flexibility index (Phi) is 3.08. The Balaban J connectivity index is 1.77. The molecule has 0 bridgehead atoms. The number of nitrogens with zero attached hydrogens (tertiary/aromatic N) is 1.